The minimum Gasteiger partial charge on any atom is -0.426 e. The highest BCUT2D eigenvalue weighted by atomic mass is 16.5. The molecule has 114 valence electrons. The van der Waals surface area contributed by atoms with Crippen molar-refractivity contribution in [3.63, 3.8) is 0 Å². The molecule has 0 unspecified atom stereocenters. The highest BCUT2D eigenvalue weighted by Gasteiger charge is 2.46. The van der Waals surface area contributed by atoms with E-state index in [1.165, 1.54) is 6.92 Å². The third kappa shape index (κ3) is 2.62. The number of fused-ring (bicyclic) bond motifs is 1. The van der Waals surface area contributed by atoms with Gasteiger partial charge in [-0.1, -0.05) is 30.3 Å². The molecular formula is C18H18O4. The Bertz CT molecular complexity index is 672. The lowest BCUT2D eigenvalue weighted by molar-refractivity contribution is -0.134. The summed E-state index contributed by atoms with van der Waals surface area (Å²) in [6, 6.07) is 9.46. The molecule has 22 heavy (non-hydrogen) atoms. The number of carbonyl (C=O) groups is 2. The zero-order valence-corrected chi connectivity index (χ0v) is 12.7. The van der Waals surface area contributed by atoms with Crippen LogP contribution in [0.5, 0.6) is 0 Å². The van der Waals surface area contributed by atoms with Crippen molar-refractivity contribution in [3.05, 3.63) is 53.6 Å². The summed E-state index contributed by atoms with van der Waals surface area (Å²) in [5.41, 5.74) is 1.19. The van der Waals surface area contributed by atoms with E-state index in [1.807, 2.05) is 43.3 Å². The van der Waals surface area contributed by atoms with Crippen LogP contribution in [0.2, 0.25) is 0 Å². The van der Waals surface area contributed by atoms with E-state index in [0.717, 1.165) is 11.1 Å². The maximum Gasteiger partial charge on any atom is 0.308 e. The van der Waals surface area contributed by atoms with Crippen LogP contribution in [0.3, 0.4) is 0 Å². The van der Waals surface area contributed by atoms with Crippen molar-refractivity contribution in [1.82, 2.24) is 0 Å². The molecule has 0 aromatic heterocycles. The van der Waals surface area contributed by atoms with Gasteiger partial charge in [0, 0.05) is 30.4 Å². The monoisotopic (exact) mass is 298 g/mol. The van der Waals surface area contributed by atoms with E-state index in [4.69, 9.17) is 9.47 Å². The van der Waals surface area contributed by atoms with Gasteiger partial charge in [-0.05, 0) is 19.1 Å². The van der Waals surface area contributed by atoms with Gasteiger partial charge in [-0.25, -0.2) is 0 Å². The predicted octanol–water partition coefficient (Wildman–Crippen LogP) is 2.89. The normalized spacial score (nSPS) is 29.2. The summed E-state index contributed by atoms with van der Waals surface area (Å²) in [5.74, 6) is 0.114. The van der Waals surface area contributed by atoms with Gasteiger partial charge in [0.15, 0.2) is 5.78 Å². The highest BCUT2D eigenvalue weighted by Crippen LogP contribution is 2.44. The smallest absolute Gasteiger partial charge is 0.308 e. The number of rotatable bonds is 2. The van der Waals surface area contributed by atoms with E-state index in [0.29, 0.717) is 18.8 Å². The minimum atomic E-state index is -0.510. The van der Waals surface area contributed by atoms with Gasteiger partial charge >= 0.3 is 5.97 Å². The van der Waals surface area contributed by atoms with Crippen LogP contribution in [0, 0.1) is 5.92 Å². The van der Waals surface area contributed by atoms with Gasteiger partial charge in [0.05, 0.1) is 12.2 Å². The molecule has 0 radical (unpaired) electrons. The second-order valence-corrected chi connectivity index (χ2v) is 5.84. The second kappa shape index (κ2) is 5.54. The Kier molecular flexibility index (Phi) is 3.71. The zero-order chi connectivity index (χ0) is 15.7. The molecule has 1 aromatic carbocycles. The largest absolute Gasteiger partial charge is 0.426 e. The fraction of sp³-hybridized carbons (Fsp3) is 0.333. The lowest BCUT2D eigenvalue weighted by Crippen LogP contribution is -2.34. The Hall–Kier alpha value is -2.20. The van der Waals surface area contributed by atoms with Crippen LogP contribution in [-0.4, -0.2) is 24.0 Å². The average molecular weight is 298 g/mol. The Balaban J connectivity index is 2.09. The molecule has 3 rings (SSSR count). The van der Waals surface area contributed by atoms with Crippen molar-refractivity contribution >= 4 is 17.5 Å². The first kappa shape index (κ1) is 14.7. The van der Waals surface area contributed by atoms with Gasteiger partial charge in [0.2, 0.25) is 0 Å². The SMILES string of the molecule is CC(=O)O/C(=C1\CO[C@@]2(C)C=CC(=O)C[C@@H]12)c1ccccc1. The van der Waals surface area contributed by atoms with Crippen molar-refractivity contribution in [2.75, 3.05) is 6.61 Å². The van der Waals surface area contributed by atoms with Gasteiger partial charge in [0.1, 0.15) is 5.76 Å². The number of hydrogen-bond acceptors (Lipinski definition) is 4. The molecule has 4 heteroatoms. The summed E-state index contributed by atoms with van der Waals surface area (Å²) in [6.45, 7) is 3.70. The standard InChI is InChI=1S/C18H18O4/c1-12(19)22-17(13-6-4-3-5-7-13)15-11-21-18(2)9-8-14(20)10-16(15)18/h3-9,16H,10-11H2,1-2H3/b17-15+/t16-,18-/m0/s1. The van der Waals surface area contributed by atoms with Crippen LogP contribution < -0.4 is 0 Å². The quantitative estimate of drug-likeness (QED) is 0.622. The van der Waals surface area contributed by atoms with Crippen LogP contribution in [0.15, 0.2) is 48.1 Å². The molecule has 1 aliphatic carbocycles. The zero-order valence-electron chi connectivity index (χ0n) is 12.7. The number of benzene rings is 1. The maximum absolute atomic E-state index is 11.8. The van der Waals surface area contributed by atoms with Gasteiger partial charge < -0.3 is 9.47 Å². The van der Waals surface area contributed by atoms with Crippen LogP contribution >= 0.6 is 0 Å². The lowest BCUT2D eigenvalue weighted by atomic mass is 9.77. The first-order valence-corrected chi connectivity index (χ1v) is 7.32. The molecule has 2 atom stereocenters. The predicted molar refractivity (Wildman–Crippen MR) is 81.7 cm³/mol. The Morgan fingerprint density at radius 2 is 2.05 bits per heavy atom. The van der Waals surface area contributed by atoms with E-state index >= 15 is 0 Å². The second-order valence-electron chi connectivity index (χ2n) is 5.84. The van der Waals surface area contributed by atoms with Gasteiger partial charge in [-0.2, -0.15) is 0 Å². The summed E-state index contributed by atoms with van der Waals surface area (Å²) < 4.78 is 11.4. The van der Waals surface area contributed by atoms with Crippen molar-refractivity contribution in [3.8, 4) is 0 Å². The maximum atomic E-state index is 11.8. The van der Waals surface area contributed by atoms with Gasteiger partial charge in [-0.3, -0.25) is 9.59 Å². The van der Waals surface area contributed by atoms with Crippen molar-refractivity contribution < 1.29 is 19.1 Å². The molecule has 4 nitrogen and oxygen atoms in total. The summed E-state index contributed by atoms with van der Waals surface area (Å²) in [4.78, 5) is 23.3. The van der Waals surface area contributed by atoms with E-state index in [9.17, 15) is 9.59 Å². The summed E-state index contributed by atoms with van der Waals surface area (Å²) in [6.07, 6.45) is 3.76. The fourth-order valence-electron chi connectivity index (χ4n) is 3.07. The molecule has 0 N–H and O–H groups in total. The van der Waals surface area contributed by atoms with Crippen LogP contribution in [0.4, 0.5) is 0 Å². The number of ketones is 1. The Morgan fingerprint density at radius 3 is 2.73 bits per heavy atom. The number of carbonyl (C=O) groups excluding carboxylic acids is 2. The highest BCUT2D eigenvalue weighted by molar-refractivity contribution is 5.92. The van der Waals surface area contributed by atoms with Crippen molar-refractivity contribution in [1.29, 1.82) is 0 Å². The third-order valence-corrected chi connectivity index (χ3v) is 4.23. The van der Waals surface area contributed by atoms with E-state index in [2.05, 4.69) is 0 Å². The molecule has 2 aliphatic rings. The lowest BCUT2D eigenvalue weighted by Gasteiger charge is -2.30. The van der Waals surface area contributed by atoms with Crippen LogP contribution in [-0.2, 0) is 19.1 Å². The molecule has 1 aliphatic heterocycles. The molecule has 1 fully saturated rings. The first-order valence-electron chi connectivity index (χ1n) is 7.32. The van der Waals surface area contributed by atoms with Gasteiger partial charge in [-0.15, -0.1) is 0 Å². The molecule has 1 aromatic rings. The van der Waals surface area contributed by atoms with Crippen LogP contribution in [0.25, 0.3) is 5.76 Å². The summed E-state index contributed by atoms with van der Waals surface area (Å²) in [5, 5.41) is 0. The number of esters is 1. The molecule has 1 saturated heterocycles. The van der Waals surface area contributed by atoms with Gasteiger partial charge in [0.25, 0.3) is 0 Å². The minimum absolute atomic E-state index is 0.0701. The summed E-state index contributed by atoms with van der Waals surface area (Å²) >= 11 is 0. The topological polar surface area (TPSA) is 52.6 Å². The van der Waals surface area contributed by atoms with E-state index in [1.54, 1.807) is 6.08 Å². The van der Waals surface area contributed by atoms with Crippen molar-refractivity contribution in [2.24, 2.45) is 5.92 Å². The first-order chi connectivity index (χ1) is 10.5. The number of hydrogen-bond donors (Lipinski definition) is 0. The molecule has 1 heterocycles. The molecule has 0 amide bonds. The Labute approximate surface area is 129 Å². The van der Waals surface area contributed by atoms with E-state index < -0.39 is 5.60 Å². The number of ether oxygens (including phenoxy) is 2. The molecule has 0 bridgehead atoms. The molecule has 0 spiro atoms. The van der Waals surface area contributed by atoms with Crippen LogP contribution in [0.1, 0.15) is 25.8 Å². The molecular weight excluding hydrogens is 280 g/mol. The summed E-state index contributed by atoms with van der Waals surface area (Å²) in [7, 11) is 0. The Morgan fingerprint density at radius 1 is 1.32 bits per heavy atom. The third-order valence-electron chi connectivity index (χ3n) is 4.23. The fourth-order valence-corrected chi connectivity index (χ4v) is 3.07. The van der Waals surface area contributed by atoms with E-state index in [-0.39, 0.29) is 17.7 Å². The van der Waals surface area contributed by atoms with Crippen molar-refractivity contribution in [2.45, 2.75) is 25.9 Å². The number of allylic oxidation sites excluding steroid dienone is 1. The molecule has 0 saturated carbocycles. The average Bonchev–Trinajstić information content (AvgIpc) is 2.83.